The maximum Gasteiger partial charge on any atom is 0.163 e. The van der Waals surface area contributed by atoms with E-state index in [0.717, 1.165) is 10.5 Å². The quantitative estimate of drug-likeness (QED) is 0.756. The first-order valence-electron chi connectivity index (χ1n) is 5.62. The molecule has 18 heavy (non-hydrogen) atoms. The minimum Gasteiger partial charge on any atom is -0.294 e. The van der Waals surface area contributed by atoms with Crippen LogP contribution in [-0.4, -0.2) is 5.78 Å². The highest BCUT2D eigenvalue weighted by molar-refractivity contribution is 7.99. The van der Waals surface area contributed by atoms with E-state index in [1.54, 1.807) is 12.1 Å². The van der Waals surface area contributed by atoms with Crippen LogP contribution in [0.4, 0.5) is 4.39 Å². The number of rotatable bonds is 3. The van der Waals surface area contributed by atoms with Gasteiger partial charge in [0.15, 0.2) is 5.78 Å². The molecule has 0 amide bonds. The summed E-state index contributed by atoms with van der Waals surface area (Å²) >= 11 is 1.42. The van der Waals surface area contributed by atoms with E-state index in [1.807, 2.05) is 31.2 Å². The fourth-order valence-corrected chi connectivity index (χ4v) is 2.82. The molecule has 0 heterocycles. The Morgan fingerprint density at radius 1 is 1.06 bits per heavy atom. The Morgan fingerprint density at radius 2 is 1.72 bits per heavy atom. The number of halogens is 1. The first-order valence-corrected chi connectivity index (χ1v) is 6.44. The van der Waals surface area contributed by atoms with Gasteiger partial charge in [-0.1, -0.05) is 36.0 Å². The molecule has 0 fully saturated rings. The molecule has 0 saturated carbocycles. The van der Waals surface area contributed by atoms with Crippen LogP contribution in [0, 0.1) is 12.7 Å². The van der Waals surface area contributed by atoms with E-state index in [9.17, 15) is 9.18 Å². The number of benzene rings is 2. The summed E-state index contributed by atoms with van der Waals surface area (Å²) in [4.78, 5) is 13.2. The average molecular weight is 260 g/mol. The van der Waals surface area contributed by atoms with Crippen LogP contribution in [0.1, 0.15) is 22.8 Å². The number of aryl methyl sites for hydroxylation is 1. The SMILES string of the molecule is CC(=O)c1c(F)cccc1Sc1ccccc1C. The predicted octanol–water partition coefficient (Wildman–Crippen LogP) is 4.49. The highest BCUT2D eigenvalue weighted by Crippen LogP contribution is 2.33. The third-order valence-corrected chi connectivity index (χ3v) is 3.88. The van der Waals surface area contributed by atoms with Gasteiger partial charge in [-0.15, -0.1) is 0 Å². The lowest BCUT2D eigenvalue weighted by molar-refractivity contribution is 0.101. The Kier molecular flexibility index (Phi) is 3.82. The van der Waals surface area contributed by atoms with E-state index in [-0.39, 0.29) is 11.3 Å². The van der Waals surface area contributed by atoms with E-state index in [0.29, 0.717) is 4.90 Å². The first kappa shape index (κ1) is 12.8. The van der Waals surface area contributed by atoms with Gasteiger partial charge in [-0.25, -0.2) is 4.39 Å². The lowest BCUT2D eigenvalue weighted by atomic mass is 10.1. The van der Waals surface area contributed by atoms with Crippen LogP contribution in [0.3, 0.4) is 0 Å². The van der Waals surface area contributed by atoms with Gasteiger partial charge in [-0.05, 0) is 37.6 Å². The highest BCUT2D eigenvalue weighted by atomic mass is 32.2. The largest absolute Gasteiger partial charge is 0.294 e. The van der Waals surface area contributed by atoms with Gasteiger partial charge in [0, 0.05) is 9.79 Å². The third kappa shape index (κ3) is 2.62. The molecule has 0 atom stereocenters. The molecule has 92 valence electrons. The van der Waals surface area contributed by atoms with Crippen molar-refractivity contribution in [3.05, 3.63) is 59.4 Å². The Hall–Kier alpha value is -1.61. The summed E-state index contributed by atoms with van der Waals surface area (Å²) in [5.41, 5.74) is 1.28. The van der Waals surface area contributed by atoms with Gasteiger partial charge >= 0.3 is 0 Å². The Morgan fingerprint density at radius 3 is 2.39 bits per heavy atom. The lowest BCUT2D eigenvalue weighted by Crippen LogP contribution is -1.99. The molecule has 0 aliphatic rings. The first-order chi connectivity index (χ1) is 8.59. The topological polar surface area (TPSA) is 17.1 Å². The van der Waals surface area contributed by atoms with Gasteiger partial charge in [0.2, 0.25) is 0 Å². The fourth-order valence-electron chi connectivity index (χ4n) is 1.72. The van der Waals surface area contributed by atoms with Gasteiger partial charge < -0.3 is 0 Å². The predicted molar refractivity (Wildman–Crippen MR) is 71.7 cm³/mol. The Balaban J connectivity index is 2.44. The number of hydrogen-bond donors (Lipinski definition) is 0. The average Bonchev–Trinajstić information content (AvgIpc) is 2.31. The van der Waals surface area contributed by atoms with Gasteiger partial charge in [-0.3, -0.25) is 4.79 Å². The molecule has 2 rings (SSSR count). The van der Waals surface area contributed by atoms with Crippen molar-refractivity contribution in [3.63, 3.8) is 0 Å². The van der Waals surface area contributed by atoms with E-state index in [1.165, 1.54) is 24.8 Å². The molecule has 0 saturated heterocycles. The molecule has 0 radical (unpaired) electrons. The van der Waals surface area contributed by atoms with E-state index in [4.69, 9.17) is 0 Å². The van der Waals surface area contributed by atoms with Crippen molar-refractivity contribution in [1.82, 2.24) is 0 Å². The maximum absolute atomic E-state index is 13.7. The molecule has 0 aliphatic heterocycles. The fraction of sp³-hybridized carbons (Fsp3) is 0.133. The minimum absolute atomic E-state index is 0.172. The van der Waals surface area contributed by atoms with Crippen LogP contribution in [0.25, 0.3) is 0 Å². The summed E-state index contributed by atoms with van der Waals surface area (Å²) in [6.07, 6.45) is 0. The second-order valence-electron chi connectivity index (χ2n) is 4.04. The minimum atomic E-state index is -0.457. The van der Waals surface area contributed by atoms with Crippen LogP contribution in [0.2, 0.25) is 0 Å². The van der Waals surface area contributed by atoms with Crippen molar-refractivity contribution in [3.8, 4) is 0 Å². The molecule has 0 spiro atoms. The maximum atomic E-state index is 13.7. The molecule has 0 bridgehead atoms. The summed E-state index contributed by atoms with van der Waals surface area (Å²) in [6, 6.07) is 12.6. The molecule has 2 aromatic rings. The Labute approximate surface area is 110 Å². The number of hydrogen-bond acceptors (Lipinski definition) is 2. The van der Waals surface area contributed by atoms with Crippen molar-refractivity contribution < 1.29 is 9.18 Å². The second-order valence-corrected chi connectivity index (χ2v) is 5.12. The number of ketones is 1. The van der Waals surface area contributed by atoms with Crippen molar-refractivity contribution >= 4 is 17.5 Å². The zero-order valence-electron chi connectivity index (χ0n) is 10.2. The van der Waals surface area contributed by atoms with Crippen LogP contribution in [0.5, 0.6) is 0 Å². The van der Waals surface area contributed by atoms with E-state index < -0.39 is 5.82 Å². The smallest absolute Gasteiger partial charge is 0.163 e. The normalized spacial score (nSPS) is 10.4. The van der Waals surface area contributed by atoms with Crippen LogP contribution in [-0.2, 0) is 0 Å². The van der Waals surface area contributed by atoms with Gasteiger partial charge in [0.1, 0.15) is 5.82 Å². The standard InChI is InChI=1S/C15H13FOS/c1-10-6-3-4-8-13(10)18-14-9-5-7-12(16)15(14)11(2)17/h3-9H,1-2H3. The highest BCUT2D eigenvalue weighted by Gasteiger charge is 2.14. The molecular weight excluding hydrogens is 247 g/mol. The molecule has 0 unspecified atom stereocenters. The summed E-state index contributed by atoms with van der Waals surface area (Å²) < 4.78 is 13.7. The molecule has 2 aromatic carbocycles. The third-order valence-electron chi connectivity index (χ3n) is 2.64. The molecule has 3 heteroatoms. The summed E-state index contributed by atoms with van der Waals surface area (Å²) in [5.74, 6) is -0.703. The van der Waals surface area contributed by atoms with Crippen molar-refractivity contribution in [2.24, 2.45) is 0 Å². The van der Waals surface area contributed by atoms with Crippen LogP contribution < -0.4 is 0 Å². The summed E-state index contributed by atoms with van der Waals surface area (Å²) in [7, 11) is 0. The van der Waals surface area contributed by atoms with Crippen LogP contribution >= 0.6 is 11.8 Å². The lowest BCUT2D eigenvalue weighted by Gasteiger charge is -2.09. The molecule has 0 aliphatic carbocycles. The van der Waals surface area contributed by atoms with E-state index >= 15 is 0 Å². The van der Waals surface area contributed by atoms with Crippen molar-refractivity contribution in [2.75, 3.05) is 0 Å². The Bertz CT molecular complexity index is 593. The van der Waals surface area contributed by atoms with Crippen LogP contribution in [0.15, 0.2) is 52.3 Å². The van der Waals surface area contributed by atoms with Gasteiger partial charge in [0.25, 0.3) is 0 Å². The second kappa shape index (κ2) is 5.36. The molecule has 0 N–H and O–H groups in total. The molecular formula is C15H13FOS. The summed E-state index contributed by atoms with van der Waals surface area (Å²) in [6.45, 7) is 3.38. The van der Waals surface area contributed by atoms with E-state index in [2.05, 4.69) is 0 Å². The zero-order chi connectivity index (χ0) is 13.1. The summed E-state index contributed by atoms with van der Waals surface area (Å²) in [5, 5.41) is 0. The van der Waals surface area contributed by atoms with Gasteiger partial charge in [-0.2, -0.15) is 0 Å². The molecule has 0 aromatic heterocycles. The number of carbonyl (C=O) groups excluding carboxylic acids is 1. The van der Waals surface area contributed by atoms with Crippen molar-refractivity contribution in [2.45, 2.75) is 23.6 Å². The number of Topliss-reactive ketones (excluding diaryl/α,β-unsaturated/α-hetero) is 1. The number of carbonyl (C=O) groups is 1. The monoisotopic (exact) mass is 260 g/mol. The molecule has 1 nitrogen and oxygen atoms in total. The van der Waals surface area contributed by atoms with Gasteiger partial charge in [0.05, 0.1) is 5.56 Å². The zero-order valence-corrected chi connectivity index (χ0v) is 11.1. The van der Waals surface area contributed by atoms with Crippen molar-refractivity contribution in [1.29, 1.82) is 0 Å².